The maximum atomic E-state index is 12.6. The number of aryl methyl sites for hydroxylation is 2. The highest BCUT2D eigenvalue weighted by Gasteiger charge is 2.26. The second-order valence-electron chi connectivity index (χ2n) is 6.35. The number of ether oxygens (including phenoxy) is 1. The Hall–Kier alpha value is -2.41. The molecular formula is C19H23N3O3S. The number of carbonyl (C=O) groups is 2. The first-order valence-electron chi connectivity index (χ1n) is 8.62. The van der Waals surface area contributed by atoms with Crippen molar-refractivity contribution in [1.82, 2.24) is 14.8 Å². The lowest BCUT2D eigenvalue weighted by Crippen LogP contribution is -2.51. The van der Waals surface area contributed by atoms with Crippen LogP contribution in [0.5, 0.6) is 5.75 Å². The second kappa shape index (κ2) is 7.86. The molecule has 0 saturated carbocycles. The molecule has 0 atom stereocenters. The van der Waals surface area contributed by atoms with Crippen LogP contribution >= 0.6 is 11.3 Å². The van der Waals surface area contributed by atoms with E-state index < -0.39 is 0 Å². The van der Waals surface area contributed by atoms with Crippen molar-refractivity contribution in [3.63, 3.8) is 0 Å². The molecule has 1 fully saturated rings. The Bertz CT molecular complexity index is 793. The number of hydrogen-bond donors (Lipinski definition) is 0. The molecule has 1 aromatic carbocycles. The molecule has 2 aromatic rings. The Morgan fingerprint density at radius 3 is 2.23 bits per heavy atom. The molecule has 26 heavy (non-hydrogen) atoms. The zero-order valence-electron chi connectivity index (χ0n) is 15.3. The van der Waals surface area contributed by atoms with E-state index in [1.807, 2.05) is 47.9 Å². The van der Waals surface area contributed by atoms with Gasteiger partial charge >= 0.3 is 0 Å². The van der Waals surface area contributed by atoms with Gasteiger partial charge in [0.05, 0.1) is 24.2 Å². The number of methoxy groups -OCH3 is 1. The van der Waals surface area contributed by atoms with Gasteiger partial charge in [0.15, 0.2) is 0 Å². The topological polar surface area (TPSA) is 62.7 Å². The first-order valence-corrected chi connectivity index (χ1v) is 9.43. The van der Waals surface area contributed by atoms with Gasteiger partial charge in [0.1, 0.15) is 10.6 Å². The summed E-state index contributed by atoms with van der Waals surface area (Å²) in [6.45, 7) is 6.03. The standard InChI is InChI=1S/C19H23N3O3S/c1-13-18(26-14(2)20-13)19(24)22-10-8-21(9-11-22)17(23)12-15-4-6-16(25-3)7-5-15/h4-7H,8-12H2,1-3H3. The molecule has 0 N–H and O–H groups in total. The van der Waals surface area contributed by atoms with E-state index in [0.717, 1.165) is 22.0 Å². The van der Waals surface area contributed by atoms with Gasteiger partial charge in [-0.3, -0.25) is 9.59 Å². The summed E-state index contributed by atoms with van der Waals surface area (Å²) in [6, 6.07) is 7.54. The first-order chi connectivity index (χ1) is 12.5. The number of benzene rings is 1. The van der Waals surface area contributed by atoms with Crippen molar-refractivity contribution < 1.29 is 14.3 Å². The Balaban J connectivity index is 1.55. The summed E-state index contributed by atoms with van der Waals surface area (Å²) in [5.74, 6) is 0.893. The van der Waals surface area contributed by atoms with Gasteiger partial charge in [0.2, 0.25) is 5.91 Å². The number of hydrogen-bond acceptors (Lipinski definition) is 5. The third kappa shape index (κ3) is 4.04. The number of nitrogens with zero attached hydrogens (tertiary/aromatic N) is 3. The lowest BCUT2D eigenvalue weighted by atomic mass is 10.1. The molecule has 138 valence electrons. The van der Waals surface area contributed by atoms with Gasteiger partial charge in [-0.05, 0) is 31.5 Å². The second-order valence-corrected chi connectivity index (χ2v) is 7.55. The van der Waals surface area contributed by atoms with Crippen LogP contribution in [0.25, 0.3) is 0 Å². The van der Waals surface area contributed by atoms with Crippen molar-refractivity contribution in [3.05, 3.63) is 45.4 Å². The van der Waals surface area contributed by atoms with Gasteiger partial charge in [-0.15, -0.1) is 11.3 Å². The van der Waals surface area contributed by atoms with Crippen LogP contribution < -0.4 is 4.74 Å². The lowest BCUT2D eigenvalue weighted by Gasteiger charge is -2.34. The molecule has 1 saturated heterocycles. The van der Waals surface area contributed by atoms with E-state index in [0.29, 0.717) is 37.5 Å². The third-order valence-corrected chi connectivity index (χ3v) is 5.59. The van der Waals surface area contributed by atoms with Crippen molar-refractivity contribution in [2.24, 2.45) is 0 Å². The zero-order valence-corrected chi connectivity index (χ0v) is 16.1. The van der Waals surface area contributed by atoms with Crippen molar-refractivity contribution in [2.45, 2.75) is 20.3 Å². The Kier molecular flexibility index (Phi) is 5.56. The van der Waals surface area contributed by atoms with Crippen LogP contribution in [0.1, 0.15) is 25.9 Å². The fourth-order valence-corrected chi connectivity index (χ4v) is 3.95. The summed E-state index contributed by atoms with van der Waals surface area (Å²) in [5.41, 5.74) is 1.75. The number of amides is 2. The van der Waals surface area contributed by atoms with Gasteiger partial charge in [-0.1, -0.05) is 12.1 Å². The van der Waals surface area contributed by atoms with E-state index in [1.54, 1.807) is 7.11 Å². The van der Waals surface area contributed by atoms with E-state index in [4.69, 9.17) is 4.74 Å². The quantitative estimate of drug-likeness (QED) is 0.825. The molecule has 7 heteroatoms. The fraction of sp³-hybridized carbons (Fsp3) is 0.421. The van der Waals surface area contributed by atoms with E-state index >= 15 is 0 Å². The third-order valence-electron chi connectivity index (χ3n) is 4.53. The molecule has 1 aliphatic heterocycles. The van der Waals surface area contributed by atoms with Gasteiger partial charge in [-0.2, -0.15) is 0 Å². The van der Waals surface area contributed by atoms with E-state index in [-0.39, 0.29) is 11.8 Å². The van der Waals surface area contributed by atoms with E-state index in [2.05, 4.69) is 4.98 Å². The normalized spacial score (nSPS) is 14.4. The SMILES string of the molecule is COc1ccc(CC(=O)N2CCN(C(=O)c3sc(C)nc3C)CC2)cc1. The summed E-state index contributed by atoms with van der Waals surface area (Å²) in [6.07, 6.45) is 0.366. The molecule has 0 unspecified atom stereocenters. The predicted octanol–water partition coefficient (Wildman–Crippen LogP) is 2.30. The summed E-state index contributed by atoms with van der Waals surface area (Å²) < 4.78 is 5.13. The largest absolute Gasteiger partial charge is 0.497 e. The van der Waals surface area contributed by atoms with Crippen LogP contribution in [0.2, 0.25) is 0 Å². The predicted molar refractivity (Wildman–Crippen MR) is 101 cm³/mol. The van der Waals surface area contributed by atoms with Crippen LogP contribution in [0.4, 0.5) is 0 Å². The molecule has 0 bridgehead atoms. The molecule has 1 aromatic heterocycles. The average Bonchev–Trinajstić information content (AvgIpc) is 3.00. The molecule has 3 rings (SSSR count). The van der Waals surface area contributed by atoms with Crippen molar-refractivity contribution in [2.75, 3.05) is 33.3 Å². The Morgan fingerprint density at radius 2 is 1.69 bits per heavy atom. The summed E-state index contributed by atoms with van der Waals surface area (Å²) in [4.78, 5) is 33.8. The minimum absolute atomic E-state index is 0.0235. The highest BCUT2D eigenvalue weighted by molar-refractivity contribution is 7.13. The van der Waals surface area contributed by atoms with E-state index in [9.17, 15) is 9.59 Å². The minimum Gasteiger partial charge on any atom is -0.497 e. The summed E-state index contributed by atoms with van der Waals surface area (Å²) in [7, 11) is 1.62. The molecule has 6 nitrogen and oxygen atoms in total. The van der Waals surface area contributed by atoms with Crippen molar-refractivity contribution in [1.29, 1.82) is 0 Å². The Morgan fingerprint density at radius 1 is 1.08 bits per heavy atom. The van der Waals surface area contributed by atoms with Crippen LogP contribution in [-0.4, -0.2) is 59.9 Å². The number of piperazine rings is 1. The molecular weight excluding hydrogens is 350 g/mol. The highest BCUT2D eigenvalue weighted by Crippen LogP contribution is 2.20. The number of carbonyl (C=O) groups excluding carboxylic acids is 2. The van der Waals surface area contributed by atoms with Gasteiger partial charge in [0.25, 0.3) is 5.91 Å². The van der Waals surface area contributed by atoms with Crippen LogP contribution in [0.3, 0.4) is 0 Å². The number of aromatic nitrogens is 1. The monoisotopic (exact) mass is 373 g/mol. The number of rotatable bonds is 4. The van der Waals surface area contributed by atoms with Crippen molar-refractivity contribution >= 4 is 23.2 Å². The average molecular weight is 373 g/mol. The maximum Gasteiger partial charge on any atom is 0.265 e. The molecule has 2 heterocycles. The summed E-state index contributed by atoms with van der Waals surface area (Å²) >= 11 is 1.43. The highest BCUT2D eigenvalue weighted by atomic mass is 32.1. The fourth-order valence-electron chi connectivity index (χ4n) is 3.06. The van der Waals surface area contributed by atoms with Gasteiger partial charge in [0, 0.05) is 26.2 Å². The number of thiazole rings is 1. The minimum atomic E-state index is 0.0235. The molecule has 0 spiro atoms. The smallest absolute Gasteiger partial charge is 0.265 e. The van der Waals surface area contributed by atoms with Crippen molar-refractivity contribution in [3.8, 4) is 5.75 Å². The van der Waals surface area contributed by atoms with Gasteiger partial charge in [-0.25, -0.2) is 4.98 Å². The zero-order chi connectivity index (χ0) is 18.7. The van der Waals surface area contributed by atoms with Crippen LogP contribution in [0.15, 0.2) is 24.3 Å². The molecule has 1 aliphatic rings. The maximum absolute atomic E-state index is 12.6. The lowest BCUT2D eigenvalue weighted by molar-refractivity contribution is -0.131. The molecule has 2 amide bonds. The van der Waals surface area contributed by atoms with Crippen LogP contribution in [-0.2, 0) is 11.2 Å². The van der Waals surface area contributed by atoms with Gasteiger partial charge < -0.3 is 14.5 Å². The van der Waals surface area contributed by atoms with E-state index in [1.165, 1.54) is 11.3 Å². The first kappa shape index (κ1) is 18.4. The Labute approximate surface area is 157 Å². The molecule has 0 radical (unpaired) electrons. The molecule has 0 aliphatic carbocycles. The van der Waals surface area contributed by atoms with Crippen LogP contribution in [0, 0.1) is 13.8 Å². The summed E-state index contributed by atoms with van der Waals surface area (Å²) in [5, 5.41) is 0.902.